The van der Waals surface area contributed by atoms with Gasteiger partial charge >= 0.3 is 0 Å². The minimum Gasteiger partial charge on any atom is -0.497 e. The van der Waals surface area contributed by atoms with E-state index in [1.54, 1.807) is 13.3 Å². The summed E-state index contributed by atoms with van der Waals surface area (Å²) < 4.78 is 5.18. The fourth-order valence-electron chi connectivity index (χ4n) is 3.47. The highest BCUT2D eigenvalue weighted by atomic mass is 16.5. The molecule has 0 aliphatic heterocycles. The van der Waals surface area contributed by atoms with E-state index in [0.29, 0.717) is 18.2 Å². The number of hydrogen-bond acceptors (Lipinski definition) is 4. The van der Waals surface area contributed by atoms with Crippen LogP contribution in [0.25, 0.3) is 11.3 Å². The van der Waals surface area contributed by atoms with Crippen LogP contribution in [0.4, 0.5) is 0 Å². The fourth-order valence-corrected chi connectivity index (χ4v) is 3.47. The number of nitrogens with zero attached hydrogens (tertiary/aromatic N) is 1. The van der Waals surface area contributed by atoms with E-state index in [4.69, 9.17) is 4.74 Å². The van der Waals surface area contributed by atoms with Gasteiger partial charge in [-0.3, -0.25) is 9.89 Å². The molecule has 6 nitrogen and oxygen atoms in total. The molecule has 0 unspecified atom stereocenters. The van der Waals surface area contributed by atoms with Gasteiger partial charge in [-0.05, 0) is 37.1 Å². The molecule has 1 aromatic heterocycles. The van der Waals surface area contributed by atoms with Gasteiger partial charge in [0.05, 0.1) is 24.6 Å². The molecule has 0 atom stereocenters. The first kappa shape index (κ1) is 18.5. The number of nitrogens with one attached hydrogen (secondary N) is 3. The third-order valence-electron chi connectivity index (χ3n) is 4.96. The molecular formula is C20H28N4O2. The van der Waals surface area contributed by atoms with Gasteiger partial charge in [0.25, 0.3) is 5.91 Å². The standard InChI is InChI=1S/C20H28N4O2/c1-26-17-10-8-15(9-11-17)19-18(14-23-24-19)20(25)22-13-12-21-16-6-4-2-3-5-7-16/h8-11,14,16,21H,2-7,12-13H2,1H3,(H,22,25)(H,23,24). The van der Waals surface area contributed by atoms with Gasteiger partial charge in [0.1, 0.15) is 5.75 Å². The van der Waals surface area contributed by atoms with Crippen LogP contribution in [0.2, 0.25) is 0 Å². The number of ether oxygens (including phenoxy) is 1. The average Bonchev–Trinajstić information content (AvgIpc) is 3.02. The predicted octanol–water partition coefficient (Wildman–Crippen LogP) is 3.13. The predicted molar refractivity (Wildman–Crippen MR) is 102 cm³/mol. The number of aromatic amines is 1. The van der Waals surface area contributed by atoms with Gasteiger partial charge in [-0.25, -0.2) is 0 Å². The number of aromatic nitrogens is 2. The number of H-pyrrole nitrogens is 1. The van der Waals surface area contributed by atoms with Gasteiger partial charge in [0, 0.05) is 24.7 Å². The Bertz CT molecular complexity index is 688. The molecule has 1 aromatic carbocycles. The summed E-state index contributed by atoms with van der Waals surface area (Å²) in [5.74, 6) is 0.677. The summed E-state index contributed by atoms with van der Waals surface area (Å²) in [4.78, 5) is 12.5. The Morgan fingerprint density at radius 3 is 2.58 bits per heavy atom. The highest BCUT2D eigenvalue weighted by Gasteiger charge is 2.15. The molecule has 1 aliphatic carbocycles. The Morgan fingerprint density at radius 2 is 1.88 bits per heavy atom. The maximum absolute atomic E-state index is 12.5. The summed E-state index contributed by atoms with van der Waals surface area (Å²) in [7, 11) is 1.63. The monoisotopic (exact) mass is 356 g/mol. The highest BCUT2D eigenvalue weighted by molar-refractivity contribution is 5.99. The highest BCUT2D eigenvalue weighted by Crippen LogP contribution is 2.23. The smallest absolute Gasteiger partial charge is 0.255 e. The Morgan fingerprint density at radius 1 is 1.15 bits per heavy atom. The summed E-state index contributed by atoms with van der Waals surface area (Å²) in [6.07, 6.45) is 9.39. The van der Waals surface area contributed by atoms with Gasteiger partial charge < -0.3 is 15.4 Å². The van der Waals surface area contributed by atoms with Gasteiger partial charge in [-0.15, -0.1) is 0 Å². The Balaban J connectivity index is 1.51. The van der Waals surface area contributed by atoms with Crippen molar-refractivity contribution < 1.29 is 9.53 Å². The Hall–Kier alpha value is -2.34. The van der Waals surface area contributed by atoms with Crippen molar-refractivity contribution in [3.63, 3.8) is 0 Å². The van der Waals surface area contributed by atoms with Crippen molar-refractivity contribution in [2.75, 3.05) is 20.2 Å². The second-order valence-electron chi connectivity index (χ2n) is 6.79. The van der Waals surface area contributed by atoms with Crippen molar-refractivity contribution in [2.24, 2.45) is 0 Å². The molecule has 0 bridgehead atoms. The van der Waals surface area contributed by atoms with E-state index in [9.17, 15) is 4.79 Å². The molecule has 1 saturated carbocycles. The average molecular weight is 356 g/mol. The minimum absolute atomic E-state index is 0.104. The molecular weight excluding hydrogens is 328 g/mol. The van der Waals surface area contributed by atoms with E-state index >= 15 is 0 Å². The quantitative estimate of drug-likeness (QED) is 0.526. The van der Waals surface area contributed by atoms with E-state index in [1.807, 2.05) is 24.3 Å². The summed E-state index contributed by atoms with van der Waals surface area (Å²) in [5, 5.41) is 13.5. The second-order valence-corrected chi connectivity index (χ2v) is 6.79. The van der Waals surface area contributed by atoms with Crippen LogP contribution in [0.1, 0.15) is 48.9 Å². The molecule has 1 amide bonds. The molecule has 0 spiro atoms. The van der Waals surface area contributed by atoms with Crippen LogP contribution in [0.3, 0.4) is 0 Å². The van der Waals surface area contributed by atoms with Crippen LogP contribution in [0, 0.1) is 0 Å². The first-order valence-corrected chi connectivity index (χ1v) is 9.47. The molecule has 3 N–H and O–H groups in total. The van der Waals surface area contributed by atoms with Gasteiger partial charge in [0.2, 0.25) is 0 Å². The third-order valence-corrected chi connectivity index (χ3v) is 4.96. The molecule has 2 aromatic rings. The zero-order valence-corrected chi connectivity index (χ0v) is 15.4. The number of rotatable bonds is 7. The van der Waals surface area contributed by atoms with Crippen molar-refractivity contribution in [3.8, 4) is 17.0 Å². The Labute approximate surface area is 154 Å². The maximum Gasteiger partial charge on any atom is 0.255 e. The van der Waals surface area contributed by atoms with E-state index in [1.165, 1.54) is 38.5 Å². The van der Waals surface area contributed by atoms with E-state index in [0.717, 1.165) is 23.6 Å². The summed E-state index contributed by atoms with van der Waals surface area (Å²) in [6, 6.07) is 8.16. The molecule has 140 valence electrons. The molecule has 1 aliphatic rings. The van der Waals surface area contributed by atoms with Crippen LogP contribution in [0.15, 0.2) is 30.5 Å². The molecule has 0 radical (unpaired) electrons. The van der Waals surface area contributed by atoms with Crippen LogP contribution in [-0.4, -0.2) is 42.3 Å². The van der Waals surface area contributed by atoms with Crippen molar-refractivity contribution in [2.45, 2.75) is 44.6 Å². The van der Waals surface area contributed by atoms with Crippen molar-refractivity contribution in [3.05, 3.63) is 36.0 Å². The van der Waals surface area contributed by atoms with Crippen molar-refractivity contribution in [1.29, 1.82) is 0 Å². The summed E-state index contributed by atoms with van der Waals surface area (Å²) in [5.41, 5.74) is 2.19. The normalized spacial score (nSPS) is 15.4. The molecule has 0 saturated heterocycles. The van der Waals surface area contributed by atoms with Crippen LogP contribution < -0.4 is 15.4 Å². The number of hydrogen-bond donors (Lipinski definition) is 3. The number of methoxy groups -OCH3 is 1. The fraction of sp³-hybridized carbons (Fsp3) is 0.500. The van der Waals surface area contributed by atoms with Crippen LogP contribution in [0.5, 0.6) is 5.75 Å². The summed E-state index contributed by atoms with van der Waals surface area (Å²) in [6.45, 7) is 1.41. The lowest BCUT2D eigenvalue weighted by Crippen LogP contribution is -2.36. The first-order chi connectivity index (χ1) is 12.8. The van der Waals surface area contributed by atoms with Gasteiger partial charge in [-0.2, -0.15) is 5.10 Å². The molecule has 1 heterocycles. The minimum atomic E-state index is -0.104. The SMILES string of the molecule is COc1ccc(-c2[nH]ncc2C(=O)NCCNC2CCCCCC2)cc1. The lowest BCUT2D eigenvalue weighted by Gasteiger charge is -2.16. The van der Waals surface area contributed by atoms with E-state index in [2.05, 4.69) is 20.8 Å². The maximum atomic E-state index is 12.5. The number of carbonyl (C=O) groups is 1. The summed E-state index contributed by atoms with van der Waals surface area (Å²) >= 11 is 0. The zero-order chi connectivity index (χ0) is 18.2. The largest absolute Gasteiger partial charge is 0.497 e. The topological polar surface area (TPSA) is 79.0 Å². The lowest BCUT2D eigenvalue weighted by molar-refractivity contribution is 0.0954. The number of benzene rings is 1. The molecule has 6 heteroatoms. The number of carbonyl (C=O) groups excluding carboxylic acids is 1. The molecule has 26 heavy (non-hydrogen) atoms. The van der Waals surface area contributed by atoms with Crippen molar-refractivity contribution >= 4 is 5.91 Å². The Kier molecular flexibility index (Phi) is 6.66. The van der Waals surface area contributed by atoms with E-state index < -0.39 is 0 Å². The zero-order valence-electron chi connectivity index (χ0n) is 15.4. The van der Waals surface area contributed by atoms with Gasteiger partial charge in [0.15, 0.2) is 0 Å². The third kappa shape index (κ3) is 4.85. The van der Waals surface area contributed by atoms with Crippen LogP contribution in [-0.2, 0) is 0 Å². The number of amides is 1. The van der Waals surface area contributed by atoms with Crippen molar-refractivity contribution in [1.82, 2.24) is 20.8 Å². The lowest BCUT2D eigenvalue weighted by atomic mass is 10.1. The van der Waals surface area contributed by atoms with Crippen LogP contribution >= 0.6 is 0 Å². The second kappa shape index (κ2) is 9.38. The van der Waals surface area contributed by atoms with Gasteiger partial charge in [-0.1, -0.05) is 25.7 Å². The molecule has 3 rings (SSSR count). The van der Waals surface area contributed by atoms with E-state index in [-0.39, 0.29) is 5.91 Å². The first-order valence-electron chi connectivity index (χ1n) is 9.47. The molecule has 1 fully saturated rings.